The van der Waals surface area contributed by atoms with Crippen molar-refractivity contribution in [3.05, 3.63) is 101 Å². The third-order valence-electron chi connectivity index (χ3n) is 5.28. The van der Waals surface area contributed by atoms with Gasteiger partial charge in [-0.2, -0.15) is 0 Å². The van der Waals surface area contributed by atoms with Crippen LogP contribution in [-0.2, 0) is 16.0 Å². The number of rotatable bonds is 5. The number of aryl methyl sites for hydroxylation is 1. The third-order valence-corrected chi connectivity index (χ3v) is 5.28. The van der Waals surface area contributed by atoms with Crippen LogP contribution in [0.3, 0.4) is 0 Å². The molecule has 1 fully saturated rings. The lowest BCUT2D eigenvalue weighted by molar-refractivity contribution is -0.139. The van der Waals surface area contributed by atoms with E-state index >= 15 is 0 Å². The normalized spacial score (nSPS) is 18.0. The van der Waals surface area contributed by atoms with Crippen molar-refractivity contribution in [3.8, 4) is 0 Å². The summed E-state index contributed by atoms with van der Waals surface area (Å²) in [6.07, 6.45) is 7.05. The number of ketones is 1. The van der Waals surface area contributed by atoms with Gasteiger partial charge in [0.25, 0.3) is 11.7 Å². The zero-order valence-corrected chi connectivity index (χ0v) is 16.5. The predicted octanol–water partition coefficient (Wildman–Crippen LogP) is 3.45. The summed E-state index contributed by atoms with van der Waals surface area (Å²) in [6, 6.07) is 14.0. The fraction of sp³-hybridized carbons (Fsp3) is 0.167. The second kappa shape index (κ2) is 8.29. The maximum atomic E-state index is 13.0. The molecular formula is C24H21N3O3. The minimum atomic E-state index is -0.676. The minimum absolute atomic E-state index is 0.102. The molecule has 1 aliphatic heterocycles. The lowest BCUT2D eigenvalue weighted by atomic mass is 9.95. The highest BCUT2D eigenvalue weighted by Crippen LogP contribution is 2.39. The van der Waals surface area contributed by atoms with E-state index in [9.17, 15) is 14.7 Å². The number of aliphatic hydroxyl groups is 1. The summed E-state index contributed by atoms with van der Waals surface area (Å²) < 4.78 is 0. The molecule has 3 aromatic rings. The van der Waals surface area contributed by atoms with Gasteiger partial charge in [0, 0.05) is 36.9 Å². The maximum Gasteiger partial charge on any atom is 0.295 e. The lowest BCUT2D eigenvalue weighted by Gasteiger charge is -2.25. The van der Waals surface area contributed by atoms with Crippen LogP contribution in [0, 0.1) is 6.92 Å². The van der Waals surface area contributed by atoms with Crippen molar-refractivity contribution < 1.29 is 14.7 Å². The number of hydrogen-bond donors (Lipinski definition) is 1. The van der Waals surface area contributed by atoms with E-state index in [0.29, 0.717) is 18.5 Å². The van der Waals surface area contributed by atoms with Gasteiger partial charge in [0.15, 0.2) is 0 Å². The van der Waals surface area contributed by atoms with Crippen LogP contribution in [0.4, 0.5) is 0 Å². The molecule has 0 spiro atoms. The summed E-state index contributed by atoms with van der Waals surface area (Å²) in [7, 11) is 0. The molecule has 1 atom stereocenters. The number of amides is 1. The van der Waals surface area contributed by atoms with Crippen LogP contribution in [-0.4, -0.2) is 38.2 Å². The zero-order chi connectivity index (χ0) is 21.1. The molecule has 6 heteroatoms. The molecule has 1 saturated heterocycles. The Morgan fingerprint density at radius 3 is 2.17 bits per heavy atom. The number of hydrogen-bond acceptors (Lipinski definition) is 5. The predicted molar refractivity (Wildman–Crippen MR) is 112 cm³/mol. The summed E-state index contributed by atoms with van der Waals surface area (Å²) in [5, 5.41) is 10.9. The molecule has 0 saturated carbocycles. The van der Waals surface area contributed by atoms with Crippen LogP contribution in [0.1, 0.15) is 28.3 Å². The van der Waals surface area contributed by atoms with Gasteiger partial charge in [-0.15, -0.1) is 0 Å². The number of nitrogens with zero attached hydrogens (tertiary/aromatic N) is 3. The topological polar surface area (TPSA) is 83.4 Å². The Labute approximate surface area is 174 Å². The number of benzene rings is 1. The Hall–Kier alpha value is -3.80. The Bertz CT molecular complexity index is 1090. The van der Waals surface area contributed by atoms with Gasteiger partial charge in [0.2, 0.25) is 0 Å². The SMILES string of the molecule is Cc1ccc(C2C(=C(O)c3ccncc3)C(=O)C(=O)N2CCc2ccncc2)cc1. The van der Waals surface area contributed by atoms with Gasteiger partial charge in [0.1, 0.15) is 5.76 Å². The minimum Gasteiger partial charge on any atom is -0.507 e. The molecule has 1 amide bonds. The van der Waals surface area contributed by atoms with Gasteiger partial charge in [-0.05, 0) is 48.7 Å². The van der Waals surface area contributed by atoms with E-state index in [1.165, 1.54) is 12.4 Å². The zero-order valence-electron chi connectivity index (χ0n) is 16.5. The van der Waals surface area contributed by atoms with Gasteiger partial charge >= 0.3 is 0 Å². The van der Waals surface area contributed by atoms with Gasteiger partial charge in [-0.1, -0.05) is 29.8 Å². The van der Waals surface area contributed by atoms with Crippen molar-refractivity contribution in [1.29, 1.82) is 0 Å². The highest BCUT2D eigenvalue weighted by Gasteiger charge is 2.45. The number of Topliss-reactive ketones (excluding diaryl/α,β-unsaturated/α-hetero) is 1. The van der Waals surface area contributed by atoms with Crippen LogP contribution < -0.4 is 0 Å². The van der Waals surface area contributed by atoms with E-state index in [2.05, 4.69) is 9.97 Å². The first-order chi connectivity index (χ1) is 14.6. The summed E-state index contributed by atoms with van der Waals surface area (Å²) >= 11 is 0. The quantitative estimate of drug-likeness (QED) is 0.404. The maximum absolute atomic E-state index is 13.0. The molecule has 4 rings (SSSR count). The van der Waals surface area contributed by atoms with E-state index in [-0.39, 0.29) is 11.3 Å². The highest BCUT2D eigenvalue weighted by molar-refractivity contribution is 6.46. The number of pyridine rings is 2. The van der Waals surface area contributed by atoms with Crippen molar-refractivity contribution in [2.75, 3.05) is 6.54 Å². The van der Waals surface area contributed by atoms with Crippen molar-refractivity contribution in [1.82, 2.24) is 14.9 Å². The summed E-state index contributed by atoms with van der Waals surface area (Å²) in [4.78, 5) is 35.4. The molecule has 1 aromatic carbocycles. The fourth-order valence-electron chi connectivity index (χ4n) is 3.67. The molecular weight excluding hydrogens is 378 g/mol. The molecule has 30 heavy (non-hydrogen) atoms. The van der Waals surface area contributed by atoms with Gasteiger partial charge in [-0.3, -0.25) is 19.6 Å². The third kappa shape index (κ3) is 3.72. The first-order valence-electron chi connectivity index (χ1n) is 9.70. The average molecular weight is 399 g/mol. The van der Waals surface area contributed by atoms with E-state index in [1.807, 2.05) is 43.3 Å². The average Bonchev–Trinajstić information content (AvgIpc) is 3.04. The smallest absolute Gasteiger partial charge is 0.295 e. The monoisotopic (exact) mass is 399 g/mol. The van der Waals surface area contributed by atoms with Crippen LogP contribution >= 0.6 is 0 Å². The van der Waals surface area contributed by atoms with Crippen LogP contribution in [0.15, 0.2) is 78.9 Å². The Morgan fingerprint density at radius 1 is 0.933 bits per heavy atom. The van der Waals surface area contributed by atoms with Crippen LogP contribution in [0.2, 0.25) is 0 Å². The number of carbonyl (C=O) groups excluding carboxylic acids is 2. The van der Waals surface area contributed by atoms with Crippen molar-refractivity contribution >= 4 is 17.4 Å². The second-order valence-electron chi connectivity index (χ2n) is 7.24. The molecule has 3 heterocycles. The number of aromatic nitrogens is 2. The second-order valence-corrected chi connectivity index (χ2v) is 7.24. The Kier molecular flexibility index (Phi) is 5.39. The Morgan fingerprint density at radius 2 is 1.53 bits per heavy atom. The molecule has 6 nitrogen and oxygen atoms in total. The first-order valence-corrected chi connectivity index (χ1v) is 9.70. The van der Waals surface area contributed by atoms with E-state index in [1.54, 1.807) is 29.4 Å². The number of carbonyl (C=O) groups is 2. The first kappa shape index (κ1) is 19.5. The molecule has 150 valence electrons. The molecule has 1 unspecified atom stereocenters. The van der Waals surface area contributed by atoms with E-state index in [4.69, 9.17) is 0 Å². The summed E-state index contributed by atoms with van der Waals surface area (Å²) in [5.41, 5.74) is 3.43. The van der Waals surface area contributed by atoms with Crippen molar-refractivity contribution in [3.63, 3.8) is 0 Å². The molecule has 1 N–H and O–H groups in total. The molecule has 0 radical (unpaired) electrons. The molecule has 0 bridgehead atoms. The largest absolute Gasteiger partial charge is 0.507 e. The fourth-order valence-corrected chi connectivity index (χ4v) is 3.67. The number of aliphatic hydroxyl groups excluding tert-OH is 1. The lowest BCUT2D eigenvalue weighted by Crippen LogP contribution is -2.31. The molecule has 2 aromatic heterocycles. The summed E-state index contributed by atoms with van der Waals surface area (Å²) in [6.45, 7) is 2.32. The standard InChI is InChI=1S/C24H21N3O3/c1-16-2-4-18(5-3-16)21-20(22(28)19-8-13-26-14-9-19)23(29)24(30)27(21)15-10-17-6-11-25-12-7-17/h2-9,11-14,21,28H,10,15H2,1H3. The number of likely N-dealkylation sites (tertiary alicyclic amines) is 1. The molecule has 0 aliphatic carbocycles. The van der Waals surface area contributed by atoms with Gasteiger partial charge in [0.05, 0.1) is 11.6 Å². The summed E-state index contributed by atoms with van der Waals surface area (Å²) in [5.74, 6) is -1.47. The van der Waals surface area contributed by atoms with Crippen molar-refractivity contribution in [2.24, 2.45) is 0 Å². The van der Waals surface area contributed by atoms with E-state index in [0.717, 1.165) is 16.7 Å². The molecule has 1 aliphatic rings. The van der Waals surface area contributed by atoms with Gasteiger partial charge < -0.3 is 10.0 Å². The van der Waals surface area contributed by atoms with Crippen LogP contribution in [0.5, 0.6) is 0 Å². The van der Waals surface area contributed by atoms with Gasteiger partial charge in [-0.25, -0.2) is 0 Å². The highest BCUT2D eigenvalue weighted by atomic mass is 16.3. The Balaban J connectivity index is 1.78. The van der Waals surface area contributed by atoms with E-state index < -0.39 is 17.7 Å². The van der Waals surface area contributed by atoms with Crippen molar-refractivity contribution in [2.45, 2.75) is 19.4 Å². The van der Waals surface area contributed by atoms with Crippen LogP contribution in [0.25, 0.3) is 5.76 Å².